The molecule has 1 aliphatic rings. The highest BCUT2D eigenvalue weighted by Gasteiger charge is 2.48. The van der Waals surface area contributed by atoms with E-state index in [-0.39, 0.29) is 19.6 Å². The van der Waals surface area contributed by atoms with E-state index in [0.29, 0.717) is 13.0 Å². The zero-order valence-corrected chi connectivity index (χ0v) is 35.4. The van der Waals surface area contributed by atoms with Crippen molar-refractivity contribution in [2.45, 2.75) is 173 Å². The number of hydrogen-bond donors (Lipinski definition) is 4. The monoisotopic (exact) mass is 826 g/mol. The van der Waals surface area contributed by atoms with Gasteiger partial charge >= 0.3 is 16.4 Å². The molecule has 57 heavy (non-hydrogen) atoms. The van der Waals surface area contributed by atoms with Crippen molar-refractivity contribution in [3.8, 4) is 0 Å². The van der Waals surface area contributed by atoms with Crippen molar-refractivity contribution in [3.05, 3.63) is 72.9 Å². The highest BCUT2D eigenvalue weighted by Crippen LogP contribution is 2.26. The molecule has 1 fully saturated rings. The van der Waals surface area contributed by atoms with Crippen molar-refractivity contribution in [1.29, 1.82) is 0 Å². The maximum Gasteiger partial charge on any atom is 0.397 e. The van der Waals surface area contributed by atoms with E-state index in [9.17, 15) is 28.5 Å². The summed E-state index contributed by atoms with van der Waals surface area (Å²) < 4.78 is 58.8. The van der Waals surface area contributed by atoms with E-state index in [1.54, 1.807) is 0 Å². The van der Waals surface area contributed by atoms with Crippen molar-refractivity contribution in [2.75, 3.05) is 26.4 Å². The Balaban J connectivity index is 2.46. The molecule has 6 atom stereocenters. The molecule has 1 heterocycles. The van der Waals surface area contributed by atoms with E-state index in [1.807, 2.05) is 0 Å². The lowest BCUT2D eigenvalue weighted by Gasteiger charge is -2.41. The number of carbonyl (C=O) groups excluding carboxylic acids is 1. The summed E-state index contributed by atoms with van der Waals surface area (Å²) in [4.78, 5) is 12.8. The van der Waals surface area contributed by atoms with E-state index < -0.39 is 59.8 Å². The van der Waals surface area contributed by atoms with Gasteiger partial charge in [0, 0.05) is 13.0 Å². The van der Waals surface area contributed by atoms with Gasteiger partial charge in [0.05, 0.1) is 19.8 Å². The zero-order chi connectivity index (χ0) is 41.8. The van der Waals surface area contributed by atoms with Crippen LogP contribution in [0, 0.1) is 0 Å². The number of esters is 1. The number of allylic oxidation sites excluding steroid dienone is 12. The lowest BCUT2D eigenvalue weighted by atomic mass is 9.99. The first-order valence-corrected chi connectivity index (χ1v) is 22.6. The number of aliphatic hydroxyl groups excluding tert-OH is 3. The third kappa shape index (κ3) is 29.4. The van der Waals surface area contributed by atoms with Crippen molar-refractivity contribution >= 4 is 16.4 Å². The Morgan fingerprint density at radius 3 is 1.79 bits per heavy atom. The highest BCUT2D eigenvalue weighted by molar-refractivity contribution is 7.80. The normalized spacial score (nSPS) is 21.4. The van der Waals surface area contributed by atoms with Crippen LogP contribution in [0.1, 0.15) is 136 Å². The lowest BCUT2D eigenvalue weighted by molar-refractivity contribution is -0.301. The molecule has 0 saturated carbocycles. The molecule has 0 spiro atoms. The molecule has 0 aromatic heterocycles. The molecular formula is C44H74O12S. The van der Waals surface area contributed by atoms with Crippen LogP contribution in [0.15, 0.2) is 72.9 Å². The van der Waals surface area contributed by atoms with E-state index >= 15 is 0 Å². The molecule has 0 radical (unpaired) electrons. The van der Waals surface area contributed by atoms with Gasteiger partial charge in [-0.15, -0.1) is 0 Å². The van der Waals surface area contributed by atoms with Crippen molar-refractivity contribution in [1.82, 2.24) is 0 Å². The third-order valence-corrected chi connectivity index (χ3v) is 9.51. The molecule has 0 amide bonds. The Labute approximate surface area is 343 Å². The lowest BCUT2D eigenvalue weighted by Crippen LogP contribution is -2.60. The van der Waals surface area contributed by atoms with Crippen LogP contribution in [-0.2, 0) is 38.3 Å². The summed E-state index contributed by atoms with van der Waals surface area (Å²) in [5, 5.41) is 30.6. The van der Waals surface area contributed by atoms with Gasteiger partial charge in [0.25, 0.3) is 0 Å². The highest BCUT2D eigenvalue weighted by atomic mass is 32.3. The van der Waals surface area contributed by atoms with Crippen LogP contribution >= 0.6 is 0 Å². The fourth-order valence-corrected chi connectivity index (χ4v) is 6.38. The minimum absolute atomic E-state index is 0.0111. The Morgan fingerprint density at radius 2 is 1.21 bits per heavy atom. The first kappa shape index (κ1) is 52.6. The summed E-state index contributed by atoms with van der Waals surface area (Å²) in [6, 6.07) is 0. The molecule has 0 aromatic carbocycles. The largest absolute Gasteiger partial charge is 0.457 e. The SMILES string of the molecule is CC/C=C\C/C=C\C/C=C\C/C=C\C/C=C\CCCCCCOCC(COC1OC(CO)C(O)C(OS(=O)(=O)O)C1O)OC(=O)CCCCCCC/C=C\CCC. The second kappa shape index (κ2) is 35.5. The fourth-order valence-electron chi connectivity index (χ4n) is 5.88. The molecule has 6 unspecified atom stereocenters. The molecule has 0 bridgehead atoms. The van der Waals surface area contributed by atoms with Gasteiger partial charge < -0.3 is 34.3 Å². The molecule has 1 saturated heterocycles. The molecule has 1 rings (SSSR count). The van der Waals surface area contributed by atoms with Crippen LogP contribution in [0.3, 0.4) is 0 Å². The summed E-state index contributed by atoms with van der Waals surface area (Å²) in [6.07, 6.45) is 35.2. The second-order valence-corrected chi connectivity index (χ2v) is 15.2. The molecule has 328 valence electrons. The fraction of sp³-hybridized carbons (Fsp3) is 0.705. The molecule has 0 aliphatic carbocycles. The number of carbonyl (C=O) groups is 1. The topological polar surface area (TPSA) is 178 Å². The third-order valence-electron chi connectivity index (χ3n) is 9.04. The van der Waals surface area contributed by atoms with Crippen LogP contribution in [0.2, 0.25) is 0 Å². The average Bonchev–Trinajstić information content (AvgIpc) is 3.18. The predicted molar refractivity (Wildman–Crippen MR) is 225 cm³/mol. The number of hydrogen-bond acceptors (Lipinski definition) is 11. The zero-order valence-electron chi connectivity index (χ0n) is 34.6. The van der Waals surface area contributed by atoms with Crippen LogP contribution in [0.25, 0.3) is 0 Å². The molecule has 0 aromatic rings. The summed E-state index contributed by atoms with van der Waals surface area (Å²) in [6.45, 7) is 3.70. The van der Waals surface area contributed by atoms with Gasteiger partial charge in [0.15, 0.2) is 6.29 Å². The number of ether oxygens (including phenoxy) is 4. The minimum atomic E-state index is -5.07. The van der Waals surface area contributed by atoms with Gasteiger partial charge in [-0.2, -0.15) is 8.42 Å². The quantitative estimate of drug-likeness (QED) is 0.0208. The van der Waals surface area contributed by atoms with Crippen LogP contribution < -0.4 is 0 Å². The molecule has 12 nitrogen and oxygen atoms in total. The van der Waals surface area contributed by atoms with E-state index in [2.05, 4.69) is 90.9 Å². The standard InChI is InChI=1S/C44H74O12S/c1-3-5-7-9-11-13-15-16-17-18-19-20-21-22-23-24-26-28-30-32-34-52-36-38(54-40(46)33-31-29-27-25-14-12-10-8-6-4-2)37-53-44-42(48)43(56-57(49,50)51)41(47)39(35-45)55-44/h5,7-8,10-11,13,16-17,19-20,22-23,38-39,41-45,47-48H,3-4,6,9,12,14-15,18,21,24-37H2,1-2H3,(H,49,50,51)/b7-5-,10-8-,13-11-,17-16-,20-19-,23-22-. The smallest absolute Gasteiger partial charge is 0.397 e. The molecular weight excluding hydrogens is 753 g/mol. The minimum Gasteiger partial charge on any atom is -0.457 e. The predicted octanol–water partition coefficient (Wildman–Crippen LogP) is 8.35. The Morgan fingerprint density at radius 1 is 0.684 bits per heavy atom. The van der Waals surface area contributed by atoms with Gasteiger partial charge in [0.1, 0.15) is 30.5 Å². The van der Waals surface area contributed by atoms with E-state index in [1.165, 1.54) is 0 Å². The van der Waals surface area contributed by atoms with Crippen LogP contribution in [0.5, 0.6) is 0 Å². The van der Waals surface area contributed by atoms with Crippen LogP contribution in [-0.4, -0.2) is 97.5 Å². The number of rotatable bonds is 35. The van der Waals surface area contributed by atoms with Gasteiger partial charge in [-0.05, 0) is 77.0 Å². The summed E-state index contributed by atoms with van der Waals surface area (Å²) >= 11 is 0. The first-order chi connectivity index (χ1) is 27.6. The van der Waals surface area contributed by atoms with E-state index in [0.717, 1.165) is 109 Å². The maximum absolute atomic E-state index is 12.8. The first-order valence-electron chi connectivity index (χ1n) is 21.2. The maximum atomic E-state index is 12.8. The van der Waals surface area contributed by atoms with Gasteiger partial charge in [-0.25, -0.2) is 4.18 Å². The average molecular weight is 827 g/mol. The summed E-state index contributed by atoms with van der Waals surface area (Å²) in [5.41, 5.74) is 0. The van der Waals surface area contributed by atoms with Crippen molar-refractivity contribution in [2.24, 2.45) is 0 Å². The van der Waals surface area contributed by atoms with Crippen molar-refractivity contribution < 1.29 is 56.2 Å². The Kier molecular flexibility index (Phi) is 32.7. The Bertz CT molecular complexity index is 1280. The number of unbranched alkanes of at least 4 members (excludes halogenated alkanes) is 10. The second-order valence-electron chi connectivity index (χ2n) is 14.2. The summed E-state index contributed by atoms with van der Waals surface area (Å²) in [7, 11) is -5.07. The molecule has 13 heteroatoms. The Hall–Kier alpha value is -2.46. The van der Waals surface area contributed by atoms with Crippen LogP contribution in [0.4, 0.5) is 0 Å². The van der Waals surface area contributed by atoms with Gasteiger partial charge in [-0.1, -0.05) is 125 Å². The summed E-state index contributed by atoms with van der Waals surface area (Å²) in [5.74, 6) is -0.425. The van der Waals surface area contributed by atoms with E-state index in [4.69, 9.17) is 23.5 Å². The van der Waals surface area contributed by atoms with Gasteiger partial charge in [-0.3, -0.25) is 9.35 Å². The number of aliphatic hydroxyl groups is 3. The van der Waals surface area contributed by atoms with Crippen molar-refractivity contribution in [3.63, 3.8) is 0 Å². The molecule has 1 aliphatic heterocycles. The van der Waals surface area contributed by atoms with Gasteiger partial charge in [0.2, 0.25) is 0 Å². The molecule has 4 N–H and O–H groups in total.